The van der Waals surface area contributed by atoms with Crippen molar-refractivity contribution in [3.8, 4) is 0 Å². The normalized spacial score (nSPS) is 18.8. The molecule has 0 spiro atoms. The minimum Gasteiger partial charge on any atom is -0.369 e. The minimum atomic E-state index is -0.665. The van der Waals surface area contributed by atoms with E-state index in [1.54, 1.807) is 7.11 Å². The highest BCUT2D eigenvalue weighted by atomic mass is 32.2. The number of carbonyl (C=O) groups is 1. The van der Waals surface area contributed by atoms with Crippen LogP contribution in [-0.2, 0) is 9.53 Å². The Bertz CT molecular complexity index is 188. The van der Waals surface area contributed by atoms with Gasteiger partial charge in [-0.3, -0.25) is 4.79 Å². The number of thioether (sulfide) groups is 1. The number of hydrogen-bond donors (Lipinski definition) is 0. The van der Waals surface area contributed by atoms with Gasteiger partial charge in [0, 0.05) is 31.7 Å². The summed E-state index contributed by atoms with van der Waals surface area (Å²) in [5.41, 5.74) is -0.665. The SMILES string of the molecule is COC(C)(C)C(=O)N1CCSCC1. The molecule has 0 aromatic carbocycles. The molecule has 1 amide bonds. The average Bonchev–Trinajstić information content (AvgIpc) is 2.18. The fourth-order valence-electron chi connectivity index (χ4n) is 1.23. The molecule has 3 nitrogen and oxygen atoms in total. The summed E-state index contributed by atoms with van der Waals surface area (Å²) in [5, 5.41) is 0. The van der Waals surface area contributed by atoms with E-state index in [-0.39, 0.29) is 5.91 Å². The molecule has 13 heavy (non-hydrogen) atoms. The average molecular weight is 203 g/mol. The highest BCUT2D eigenvalue weighted by Gasteiger charge is 2.32. The zero-order chi connectivity index (χ0) is 9.90. The van der Waals surface area contributed by atoms with E-state index in [4.69, 9.17) is 4.74 Å². The monoisotopic (exact) mass is 203 g/mol. The molecule has 0 aromatic rings. The maximum Gasteiger partial charge on any atom is 0.254 e. The molecule has 0 aliphatic carbocycles. The standard InChI is InChI=1S/C9H17NO2S/c1-9(2,12-3)8(11)10-4-6-13-7-5-10/h4-7H2,1-3H3. The summed E-state index contributed by atoms with van der Waals surface area (Å²) >= 11 is 1.90. The quantitative estimate of drug-likeness (QED) is 0.670. The summed E-state index contributed by atoms with van der Waals surface area (Å²) in [7, 11) is 1.58. The van der Waals surface area contributed by atoms with Gasteiger partial charge in [0.15, 0.2) is 0 Å². The van der Waals surface area contributed by atoms with Gasteiger partial charge >= 0.3 is 0 Å². The molecule has 0 atom stereocenters. The van der Waals surface area contributed by atoms with Gasteiger partial charge in [0.25, 0.3) is 5.91 Å². The topological polar surface area (TPSA) is 29.5 Å². The first-order valence-electron chi connectivity index (χ1n) is 4.50. The Morgan fingerprint density at radius 3 is 2.38 bits per heavy atom. The number of hydrogen-bond acceptors (Lipinski definition) is 3. The second kappa shape index (κ2) is 4.33. The molecule has 0 bridgehead atoms. The van der Waals surface area contributed by atoms with Crippen molar-refractivity contribution >= 4 is 17.7 Å². The van der Waals surface area contributed by atoms with Crippen molar-refractivity contribution in [2.45, 2.75) is 19.4 Å². The van der Waals surface area contributed by atoms with Gasteiger partial charge in [0.1, 0.15) is 5.60 Å². The van der Waals surface area contributed by atoms with Gasteiger partial charge in [-0.15, -0.1) is 0 Å². The van der Waals surface area contributed by atoms with E-state index < -0.39 is 5.60 Å². The molecule has 76 valence electrons. The summed E-state index contributed by atoms with van der Waals surface area (Å²) < 4.78 is 5.15. The van der Waals surface area contributed by atoms with Gasteiger partial charge in [-0.1, -0.05) is 0 Å². The lowest BCUT2D eigenvalue weighted by molar-refractivity contribution is -0.150. The fourth-order valence-corrected chi connectivity index (χ4v) is 2.14. The van der Waals surface area contributed by atoms with E-state index in [2.05, 4.69) is 0 Å². The molecule has 1 aliphatic heterocycles. The molecule has 1 saturated heterocycles. The molecule has 0 radical (unpaired) electrons. The molecule has 0 aromatic heterocycles. The summed E-state index contributed by atoms with van der Waals surface area (Å²) in [6, 6.07) is 0. The van der Waals surface area contributed by atoms with Crippen LogP contribution in [0.2, 0.25) is 0 Å². The molecular formula is C9H17NO2S. The number of nitrogens with zero attached hydrogens (tertiary/aromatic N) is 1. The summed E-state index contributed by atoms with van der Waals surface area (Å²) in [4.78, 5) is 13.7. The molecular weight excluding hydrogens is 186 g/mol. The van der Waals surface area contributed by atoms with Crippen LogP contribution >= 0.6 is 11.8 Å². The number of amides is 1. The summed E-state index contributed by atoms with van der Waals surface area (Å²) in [5.74, 6) is 2.20. The van der Waals surface area contributed by atoms with E-state index in [0.29, 0.717) is 0 Å². The first-order valence-corrected chi connectivity index (χ1v) is 5.65. The lowest BCUT2D eigenvalue weighted by Crippen LogP contribution is -2.49. The van der Waals surface area contributed by atoms with Crippen LogP contribution in [0.4, 0.5) is 0 Å². The van der Waals surface area contributed by atoms with Crippen molar-refractivity contribution in [2.75, 3.05) is 31.7 Å². The molecule has 1 fully saturated rings. The number of ether oxygens (including phenoxy) is 1. The Morgan fingerprint density at radius 1 is 1.38 bits per heavy atom. The van der Waals surface area contributed by atoms with Crippen molar-refractivity contribution < 1.29 is 9.53 Å². The Hall–Kier alpha value is -0.220. The molecule has 1 heterocycles. The van der Waals surface area contributed by atoms with E-state index in [1.807, 2.05) is 30.5 Å². The van der Waals surface area contributed by atoms with Crippen LogP contribution < -0.4 is 0 Å². The van der Waals surface area contributed by atoms with Crippen molar-refractivity contribution in [1.29, 1.82) is 0 Å². The maximum absolute atomic E-state index is 11.8. The van der Waals surface area contributed by atoms with E-state index in [9.17, 15) is 4.79 Å². The first-order chi connectivity index (χ1) is 6.08. The lowest BCUT2D eigenvalue weighted by atomic mass is 10.1. The zero-order valence-corrected chi connectivity index (χ0v) is 9.32. The van der Waals surface area contributed by atoms with Gasteiger partial charge in [-0.05, 0) is 13.8 Å². The van der Waals surface area contributed by atoms with Crippen LogP contribution in [0.1, 0.15) is 13.8 Å². The van der Waals surface area contributed by atoms with Crippen LogP contribution in [0, 0.1) is 0 Å². The molecule has 4 heteroatoms. The van der Waals surface area contributed by atoms with Crippen molar-refractivity contribution in [3.05, 3.63) is 0 Å². The predicted molar refractivity (Wildman–Crippen MR) is 55.0 cm³/mol. The Balaban J connectivity index is 2.55. The second-order valence-electron chi connectivity index (χ2n) is 3.62. The predicted octanol–water partition coefficient (Wildman–Crippen LogP) is 0.987. The highest BCUT2D eigenvalue weighted by Crippen LogP contribution is 2.16. The third kappa shape index (κ3) is 2.61. The molecule has 1 aliphatic rings. The Morgan fingerprint density at radius 2 is 1.92 bits per heavy atom. The molecule has 0 N–H and O–H groups in total. The van der Waals surface area contributed by atoms with Crippen molar-refractivity contribution in [1.82, 2.24) is 4.90 Å². The van der Waals surface area contributed by atoms with Crippen LogP contribution in [0.25, 0.3) is 0 Å². The second-order valence-corrected chi connectivity index (χ2v) is 4.84. The van der Waals surface area contributed by atoms with Crippen LogP contribution in [0.15, 0.2) is 0 Å². The smallest absolute Gasteiger partial charge is 0.254 e. The molecule has 1 rings (SSSR count). The van der Waals surface area contributed by atoms with Gasteiger partial charge in [-0.25, -0.2) is 0 Å². The largest absolute Gasteiger partial charge is 0.369 e. The lowest BCUT2D eigenvalue weighted by Gasteiger charge is -2.33. The number of methoxy groups -OCH3 is 1. The zero-order valence-electron chi connectivity index (χ0n) is 8.50. The van der Waals surface area contributed by atoms with Crippen LogP contribution in [0.5, 0.6) is 0 Å². The Labute approximate surface area is 83.8 Å². The van der Waals surface area contributed by atoms with Crippen LogP contribution in [0.3, 0.4) is 0 Å². The van der Waals surface area contributed by atoms with Crippen molar-refractivity contribution in [2.24, 2.45) is 0 Å². The van der Waals surface area contributed by atoms with E-state index >= 15 is 0 Å². The Kier molecular flexibility index (Phi) is 3.62. The van der Waals surface area contributed by atoms with Crippen molar-refractivity contribution in [3.63, 3.8) is 0 Å². The van der Waals surface area contributed by atoms with Crippen LogP contribution in [-0.4, -0.2) is 48.1 Å². The third-order valence-corrected chi connectivity index (χ3v) is 3.27. The maximum atomic E-state index is 11.8. The number of rotatable bonds is 2. The summed E-state index contributed by atoms with van der Waals surface area (Å²) in [6.07, 6.45) is 0. The number of carbonyl (C=O) groups excluding carboxylic acids is 1. The third-order valence-electron chi connectivity index (χ3n) is 2.32. The highest BCUT2D eigenvalue weighted by molar-refractivity contribution is 7.99. The fraction of sp³-hybridized carbons (Fsp3) is 0.889. The molecule has 0 saturated carbocycles. The van der Waals surface area contributed by atoms with Gasteiger partial charge in [0.05, 0.1) is 0 Å². The first kappa shape index (κ1) is 10.9. The minimum absolute atomic E-state index is 0.107. The van der Waals surface area contributed by atoms with Gasteiger partial charge in [-0.2, -0.15) is 11.8 Å². The van der Waals surface area contributed by atoms with Gasteiger partial charge < -0.3 is 9.64 Å². The molecule has 0 unspecified atom stereocenters. The van der Waals surface area contributed by atoms with E-state index in [1.165, 1.54) is 0 Å². The summed E-state index contributed by atoms with van der Waals surface area (Å²) in [6.45, 7) is 5.35. The van der Waals surface area contributed by atoms with E-state index in [0.717, 1.165) is 24.6 Å². The van der Waals surface area contributed by atoms with Gasteiger partial charge in [0.2, 0.25) is 0 Å².